The van der Waals surface area contributed by atoms with Crippen molar-refractivity contribution in [3.05, 3.63) is 47.3 Å². The van der Waals surface area contributed by atoms with Crippen molar-refractivity contribution < 1.29 is 9.53 Å². The van der Waals surface area contributed by atoms with Crippen LogP contribution < -0.4 is 0 Å². The van der Waals surface area contributed by atoms with Crippen molar-refractivity contribution in [3.63, 3.8) is 0 Å². The van der Waals surface area contributed by atoms with E-state index in [0.29, 0.717) is 18.1 Å². The summed E-state index contributed by atoms with van der Waals surface area (Å²) in [5.41, 5.74) is 2.80. The first kappa shape index (κ1) is 15.7. The lowest BCUT2D eigenvalue weighted by Crippen LogP contribution is -2.51. The number of amides is 1. The molecule has 1 aliphatic heterocycles. The summed E-state index contributed by atoms with van der Waals surface area (Å²) in [4.78, 5) is 22.8. The molecule has 1 aliphatic rings. The quantitative estimate of drug-likeness (QED) is 0.844. The van der Waals surface area contributed by atoms with Crippen molar-refractivity contribution in [2.45, 2.75) is 27.0 Å². The highest BCUT2D eigenvalue weighted by Crippen LogP contribution is 2.22. The maximum absolute atomic E-state index is 12.5. The Morgan fingerprint density at radius 1 is 1.35 bits per heavy atom. The highest BCUT2D eigenvalue weighted by atomic mass is 16.5. The Bertz CT molecular complexity index is 704. The van der Waals surface area contributed by atoms with E-state index in [-0.39, 0.29) is 5.91 Å². The molecule has 0 unspecified atom stereocenters. The number of methoxy groups -OCH3 is 1. The Balaban J connectivity index is 1.61. The smallest absolute Gasteiger partial charge is 0.255 e. The van der Waals surface area contributed by atoms with Gasteiger partial charge in [0.25, 0.3) is 5.91 Å². The summed E-state index contributed by atoms with van der Waals surface area (Å²) in [7, 11) is 1.67. The van der Waals surface area contributed by atoms with Crippen molar-refractivity contribution in [2.24, 2.45) is 5.92 Å². The minimum absolute atomic E-state index is 0.0753. The number of imidazole rings is 1. The molecular formula is C17H22N4O2. The highest BCUT2D eigenvalue weighted by molar-refractivity contribution is 5.95. The fourth-order valence-electron chi connectivity index (χ4n) is 2.97. The molecule has 3 heterocycles. The number of pyridine rings is 1. The van der Waals surface area contributed by atoms with E-state index in [9.17, 15) is 4.79 Å². The second-order valence-electron chi connectivity index (χ2n) is 6.13. The van der Waals surface area contributed by atoms with Crippen LogP contribution in [0.5, 0.6) is 0 Å². The largest absolute Gasteiger partial charge is 0.377 e. The Labute approximate surface area is 136 Å². The average molecular weight is 314 g/mol. The van der Waals surface area contributed by atoms with Crippen LogP contribution in [-0.2, 0) is 17.9 Å². The van der Waals surface area contributed by atoms with Gasteiger partial charge in [-0.3, -0.25) is 9.78 Å². The molecular weight excluding hydrogens is 292 g/mol. The Morgan fingerprint density at radius 3 is 2.83 bits per heavy atom. The van der Waals surface area contributed by atoms with E-state index >= 15 is 0 Å². The zero-order valence-corrected chi connectivity index (χ0v) is 13.8. The number of rotatable bonds is 5. The number of aryl methyl sites for hydroxylation is 2. The first-order valence-electron chi connectivity index (χ1n) is 7.80. The number of hydrogen-bond acceptors (Lipinski definition) is 4. The molecule has 0 N–H and O–H groups in total. The van der Waals surface area contributed by atoms with E-state index in [1.54, 1.807) is 19.5 Å². The standard InChI is InChI=1S/C17H22N4O2/c1-12-4-5-18-7-15(12)17(22)20-8-14(9-20)10-21-13(2)6-19-16(21)11-23-3/h4-7,14H,8-11H2,1-3H3. The van der Waals surface area contributed by atoms with Gasteiger partial charge in [-0.15, -0.1) is 0 Å². The number of aromatic nitrogens is 3. The molecule has 0 bridgehead atoms. The van der Waals surface area contributed by atoms with E-state index in [1.165, 1.54) is 0 Å². The van der Waals surface area contributed by atoms with Crippen molar-refractivity contribution >= 4 is 5.91 Å². The number of likely N-dealkylation sites (tertiary alicyclic amines) is 1. The van der Waals surface area contributed by atoms with Gasteiger partial charge < -0.3 is 14.2 Å². The molecule has 0 radical (unpaired) electrons. The Hall–Kier alpha value is -2.21. The molecule has 1 saturated heterocycles. The molecule has 3 rings (SSSR count). The molecule has 0 saturated carbocycles. The van der Waals surface area contributed by atoms with Gasteiger partial charge in [0, 0.05) is 56.9 Å². The summed E-state index contributed by atoms with van der Waals surface area (Å²) in [5, 5.41) is 0. The average Bonchev–Trinajstić information content (AvgIpc) is 2.83. The van der Waals surface area contributed by atoms with Gasteiger partial charge in [-0.1, -0.05) is 0 Å². The van der Waals surface area contributed by atoms with Crippen molar-refractivity contribution in [1.29, 1.82) is 0 Å². The maximum atomic E-state index is 12.5. The van der Waals surface area contributed by atoms with Gasteiger partial charge in [-0.2, -0.15) is 0 Å². The summed E-state index contributed by atoms with van der Waals surface area (Å²) in [6.45, 7) is 6.93. The van der Waals surface area contributed by atoms with E-state index < -0.39 is 0 Å². The fraction of sp³-hybridized carbons (Fsp3) is 0.471. The molecule has 6 heteroatoms. The van der Waals surface area contributed by atoms with Crippen LogP contribution in [0.15, 0.2) is 24.7 Å². The van der Waals surface area contributed by atoms with E-state index in [1.807, 2.05) is 31.0 Å². The highest BCUT2D eigenvalue weighted by Gasteiger charge is 2.32. The number of carbonyl (C=O) groups is 1. The molecule has 122 valence electrons. The minimum Gasteiger partial charge on any atom is -0.377 e. The van der Waals surface area contributed by atoms with E-state index in [2.05, 4.69) is 14.5 Å². The molecule has 2 aromatic heterocycles. The molecule has 0 aliphatic carbocycles. The first-order valence-corrected chi connectivity index (χ1v) is 7.80. The molecule has 2 aromatic rings. The third kappa shape index (κ3) is 3.12. The SMILES string of the molecule is COCc1ncc(C)n1CC1CN(C(=O)c2cnccc2C)C1. The van der Waals surface area contributed by atoms with Gasteiger partial charge in [0.2, 0.25) is 0 Å². The summed E-state index contributed by atoms with van der Waals surface area (Å²) in [5.74, 6) is 1.48. The van der Waals surface area contributed by atoms with Crippen LogP contribution in [0.4, 0.5) is 0 Å². The predicted molar refractivity (Wildman–Crippen MR) is 86.0 cm³/mol. The molecule has 1 amide bonds. The second kappa shape index (κ2) is 6.50. The van der Waals surface area contributed by atoms with Crippen LogP contribution in [0.3, 0.4) is 0 Å². The Kier molecular flexibility index (Phi) is 4.43. The van der Waals surface area contributed by atoms with Crippen LogP contribution in [0.25, 0.3) is 0 Å². The normalized spacial score (nSPS) is 14.8. The van der Waals surface area contributed by atoms with E-state index in [4.69, 9.17) is 4.74 Å². The number of nitrogens with zero attached hydrogens (tertiary/aromatic N) is 4. The zero-order valence-electron chi connectivity index (χ0n) is 13.8. The minimum atomic E-state index is 0.0753. The number of carbonyl (C=O) groups excluding carboxylic acids is 1. The van der Waals surface area contributed by atoms with Crippen molar-refractivity contribution in [2.75, 3.05) is 20.2 Å². The second-order valence-corrected chi connectivity index (χ2v) is 6.13. The van der Waals surface area contributed by atoms with E-state index in [0.717, 1.165) is 36.7 Å². The predicted octanol–water partition coefficient (Wildman–Crippen LogP) is 1.81. The van der Waals surface area contributed by atoms with Crippen molar-refractivity contribution in [3.8, 4) is 0 Å². The van der Waals surface area contributed by atoms with Crippen LogP contribution >= 0.6 is 0 Å². The molecule has 0 aromatic carbocycles. The molecule has 6 nitrogen and oxygen atoms in total. The summed E-state index contributed by atoms with van der Waals surface area (Å²) >= 11 is 0. The summed E-state index contributed by atoms with van der Waals surface area (Å²) in [6.07, 6.45) is 5.24. The van der Waals surface area contributed by atoms with Gasteiger partial charge in [-0.05, 0) is 25.5 Å². The lowest BCUT2D eigenvalue weighted by molar-refractivity contribution is 0.0461. The monoisotopic (exact) mass is 314 g/mol. The van der Waals surface area contributed by atoms with Crippen LogP contribution in [0, 0.1) is 19.8 Å². The summed E-state index contributed by atoms with van der Waals surface area (Å²) < 4.78 is 7.38. The van der Waals surface area contributed by atoms with Gasteiger partial charge in [0.15, 0.2) is 0 Å². The first-order chi connectivity index (χ1) is 11.1. The van der Waals surface area contributed by atoms with Gasteiger partial charge in [-0.25, -0.2) is 4.98 Å². The third-order valence-corrected chi connectivity index (χ3v) is 4.37. The maximum Gasteiger partial charge on any atom is 0.255 e. The lowest BCUT2D eigenvalue weighted by atomic mass is 9.98. The number of hydrogen-bond donors (Lipinski definition) is 0. The number of ether oxygens (including phenoxy) is 1. The van der Waals surface area contributed by atoms with Crippen molar-refractivity contribution in [1.82, 2.24) is 19.4 Å². The third-order valence-electron chi connectivity index (χ3n) is 4.37. The van der Waals surface area contributed by atoms with Gasteiger partial charge >= 0.3 is 0 Å². The van der Waals surface area contributed by atoms with Crippen LogP contribution in [-0.4, -0.2) is 45.5 Å². The molecule has 0 atom stereocenters. The summed E-state index contributed by atoms with van der Waals surface area (Å²) in [6, 6.07) is 1.87. The lowest BCUT2D eigenvalue weighted by Gasteiger charge is -2.40. The van der Waals surface area contributed by atoms with Gasteiger partial charge in [0.05, 0.1) is 5.56 Å². The molecule has 23 heavy (non-hydrogen) atoms. The van der Waals surface area contributed by atoms with Crippen LogP contribution in [0.2, 0.25) is 0 Å². The topological polar surface area (TPSA) is 60.2 Å². The molecule has 1 fully saturated rings. The zero-order chi connectivity index (χ0) is 16.4. The van der Waals surface area contributed by atoms with Gasteiger partial charge in [0.1, 0.15) is 12.4 Å². The Morgan fingerprint density at radius 2 is 2.13 bits per heavy atom. The molecule has 0 spiro atoms. The van der Waals surface area contributed by atoms with Crippen LogP contribution in [0.1, 0.15) is 27.4 Å². The fourth-order valence-corrected chi connectivity index (χ4v) is 2.97.